The number of sulfonamides is 1. The van der Waals surface area contributed by atoms with Gasteiger partial charge in [-0.3, -0.25) is 0 Å². The number of benzene rings is 1. The highest BCUT2D eigenvalue weighted by Gasteiger charge is 2.35. The van der Waals surface area contributed by atoms with E-state index < -0.39 is 10.0 Å². The molecule has 0 spiro atoms. The third kappa shape index (κ3) is 4.20. The van der Waals surface area contributed by atoms with Gasteiger partial charge >= 0.3 is 0 Å². The molecule has 22 heavy (non-hydrogen) atoms. The van der Waals surface area contributed by atoms with Gasteiger partial charge in [-0.1, -0.05) is 23.7 Å². The van der Waals surface area contributed by atoms with Gasteiger partial charge in [0.15, 0.2) is 0 Å². The average molecular weight is 346 g/mol. The van der Waals surface area contributed by atoms with Crippen LogP contribution in [0.3, 0.4) is 0 Å². The molecule has 2 aliphatic rings. The van der Waals surface area contributed by atoms with Gasteiger partial charge in [-0.15, -0.1) is 0 Å². The van der Waals surface area contributed by atoms with Crippen molar-refractivity contribution < 1.29 is 17.9 Å². The standard InChI is InChI=1S/C15H20ClNO4S/c16-12-3-1-2-11(8-12)10-22(18,19)17-13-4-5-14-15(9-13)21-7-6-20-14/h1-3,8,13-15,17H,4-7,9-10H2. The van der Waals surface area contributed by atoms with E-state index >= 15 is 0 Å². The van der Waals surface area contributed by atoms with Crippen LogP contribution < -0.4 is 4.72 Å². The second-order valence-electron chi connectivity index (χ2n) is 5.84. The van der Waals surface area contributed by atoms with Crippen LogP contribution in [-0.2, 0) is 25.2 Å². The molecule has 1 aromatic rings. The van der Waals surface area contributed by atoms with Crippen LogP contribution in [0.2, 0.25) is 5.02 Å². The van der Waals surface area contributed by atoms with Crippen molar-refractivity contribution in [2.45, 2.75) is 43.3 Å². The Bertz CT molecular complexity index is 622. The fourth-order valence-electron chi connectivity index (χ4n) is 3.12. The molecule has 7 heteroatoms. The Kier molecular flexibility index (Phi) is 5.04. The van der Waals surface area contributed by atoms with E-state index in [4.69, 9.17) is 21.1 Å². The predicted molar refractivity (Wildman–Crippen MR) is 84.3 cm³/mol. The summed E-state index contributed by atoms with van der Waals surface area (Å²) in [4.78, 5) is 0. The Balaban J connectivity index is 1.59. The third-order valence-corrected chi connectivity index (χ3v) is 5.71. The topological polar surface area (TPSA) is 64.6 Å². The molecule has 0 bridgehead atoms. The molecule has 0 aromatic heterocycles. The molecule has 2 fully saturated rings. The summed E-state index contributed by atoms with van der Waals surface area (Å²) in [7, 11) is -3.39. The van der Waals surface area contributed by atoms with E-state index in [0.29, 0.717) is 30.2 Å². The van der Waals surface area contributed by atoms with E-state index in [1.807, 2.05) is 0 Å². The molecule has 122 valence electrons. The summed E-state index contributed by atoms with van der Waals surface area (Å²) >= 11 is 5.90. The first kappa shape index (κ1) is 16.2. The zero-order valence-electron chi connectivity index (χ0n) is 12.2. The normalized spacial score (nSPS) is 29.0. The summed E-state index contributed by atoms with van der Waals surface area (Å²) in [5.74, 6) is -0.0600. The molecular weight excluding hydrogens is 326 g/mol. The minimum Gasteiger partial charge on any atom is -0.373 e. The highest BCUT2D eigenvalue weighted by atomic mass is 35.5. The predicted octanol–water partition coefficient (Wildman–Crippen LogP) is 2.10. The van der Waals surface area contributed by atoms with Crippen molar-refractivity contribution in [3.63, 3.8) is 0 Å². The van der Waals surface area contributed by atoms with Gasteiger partial charge in [-0.05, 0) is 37.0 Å². The molecule has 3 atom stereocenters. The Labute approximate surface area is 136 Å². The van der Waals surface area contributed by atoms with Crippen LogP contribution in [0, 0.1) is 0 Å². The minimum atomic E-state index is -3.39. The highest BCUT2D eigenvalue weighted by molar-refractivity contribution is 7.88. The van der Waals surface area contributed by atoms with E-state index in [0.717, 1.165) is 12.8 Å². The summed E-state index contributed by atoms with van der Waals surface area (Å²) in [6.07, 6.45) is 2.39. The van der Waals surface area contributed by atoms with Crippen LogP contribution >= 0.6 is 11.6 Å². The summed E-state index contributed by atoms with van der Waals surface area (Å²) in [6, 6.07) is 6.83. The lowest BCUT2D eigenvalue weighted by molar-refractivity contribution is -0.156. The molecule has 1 saturated heterocycles. The van der Waals surface area contributed by atoms with E-state index in [2.05, 4.69) is 4.72 Å². The zero-order chi connectivity index (χ0) is 15.6. The van der Waals surface area contributed by atoms with Crippen LogP contribution in [0.4, 0.5) is 0 Å². The van der Waals surface area contributed by atoms with Gasteiger partial charge in [-0.2, -0.15) is 0 Å². The van der Waals surface area contributed by atoms with Crippen LogP contribution in [0.15, 0.2) is 24.3 Å². The molecule has 3 rings (SSSR count). The number of halogens is 1. The van der Waals surface area contributed by atoms with Crippen LogP contribution in [0.1, 0.15) is 24.8 Å². The SMILES string of the molecule is O=S(=O)(Cc1cccc(Cl)c1)NC1CCC2OCCOC2C1. The van der Waals surface area contributed by atoms with E-state index in [9.17, 15) is 8.42 Å². The second kappa shape index (κ2) is 6.84. The molecule has 1 N–H and O–H groups in total. The maximum absolute atomic E-state index is 12.3. The number of hydrogen-bond donors (Lipinski definition) is 1. The molecule has 1 aliphatic carbocycles. The summed E-state index contributed by atoms with van der Waals surface area (Å²) in [5.41, 5.74) is 0.686. The molecule has 1 heterocycles. The third-order valence-electron chi connectivity index (χ3n) is 4.07. The Morgan fingerprint density at radius 3 is 2.73 bits per heavy atom. The Morgan fingerprint density at radius 1 is 1.18 bits per heavy atom. The first-order valence-electron chi connectivity index (χ1n) is 7.49. The fraction of sp³-hybridized carbons (Fsp3) is 0.600. The number of fused-ring (bicyclic) bond motifs is 1. The van der Waals surface area contributed by atoms with Crippen molar-refractivity contribution in [3.05, 3.63) is 34.9 Å². The van der Waals surface area contributed by atoms with Gasteiger partial charge in [-0.25, -0.2) is 13.1 Å². The summed E-state index contributed by atoms with van der Waals surface area (Å²) in [6.45, 7) is 1.22. The van der Waals surface area contributed by atoms with Crippen molar-refractivity contribution in [1.82, 2.24) is 4.72 Å². The molecule has 0 radical (unpaired) electrons. The lowest BCUT2D eigenvalue weighted by Crippen LogP contribution is -2.49. The van der Waals surface area contributed by atoms with Crippen molar-refractivity contribution in [1.29, 1.82) is 0 Å². The van der Waals surface area contributed by atoms with Crippen LogP contribution in [-0.4, -0.2) is 39.9 Å². The number of rotatable bonds is 4. The molecule has 1 aromatic carbocycles. The molecular formula is C15H20ClNO4S. The first-order valence-corrected chi connectivity index (χ1v) is 9.52. The first-order chi connectivity index (χ1) is 10.5. The van der Waals surface area contributed by atoms with Crippen LogP contribution in [0.5, 0.6) is 0 Å². The van der Waals surface area contributed by atoms with Gasteiger partial charge < -0.3 is 9.47 Å². The van der Waals surface area contributed by atoms with Gasteiger partial charge in [0.25, 0.3) is 0 Å². The maximum Gasteiger partial charge on any atom is 0.216 e. The molecule has 1 saturated carbocycles. The Morgan fingerprint density at radius 2 is 1.95 bits per heavy atom. The number of ether oxygens (including phenoxy) is 2. The molecule has 3 unspecified atom stereocenters. The smallest absolute Gasteiger partial charge is 0.216 e. The quantitative estimate of drug-likeness (QED) is 0.907. The summed E-state index contributed by atoms with van der Waals surface area (Å²) < 4.78 is 38.8. The van der Waals surface area contributed by atoms with Crippen molar-refractivity contribution >= 4 is 21.6 Å². The van der Waals surface area contributed by atoms with Gasteiger partial charge in [0, 0.05) is 11.1 Å². The van der Waals surface area contributed by atoms with E-state index in [1.165, 1.54) is 0 Å². The van der Waals surface area contributed by atoms with Gasteiger partial charge in [0.05, 0.1) is 31.2 Å². The summed E-state index contributed by atoms with van der Waals surface area (Å²) in [5, 5.41) is 0.543. The molecule has 1 aliphatic heterocycles. The number of nitrogens with one attached hydrogen (secondary N) is 1. The van der Waals surface area contributed by atoms with Gasteiger partial charge in [0.2, 0.25) is 10.0 Å². The largest absolute Gasteiger partial charge is 0.373 e. The van der Waals surface area contributed by atoms with Crippen molar-refractivity contribution in [3.8, 4) is 0 Å². The zero-order valence-corrected chi connectivity index (χ0v) is 13.8. The lowest BCUT2D eigenvalue weighted by atomic mass is 9.90. The average Bonchev–Trinajstić information content (AvgIpc) is 2.46. The fourth-order valence-corrected chi connectivity index (χ4v) is 4.75. The van der Waals surface area contributed by atoms with Gasteiger partial charge in [0.1, 0.15) is 0 Å². The number of hydrogen-bond acceptors (Lipinski definition) is 4. The molecule has 0 amide bonds. The lowest BCUT2D eigenvalue weighted by Gasteiger charge is -2.38. The van der Waals surface area contributed by atoms with Crippen molar-refractivity contribution in [2.24, 2.45) is 0 Å². The van der Waals surface area contributed by atoms with Crippen molar-refractivity contribution in [2.75, 3.05) is 13.2 Å². The van der Waals surface area contributed by atoms with E-state index in [-0.39, 0.29) is 24.0 Å². The Hall–Kier alpha value is -0.660. The van der Waals surface area contributed by atoms with Crippen LogP contribution in [0.25, 0.3) is 0 Å². The molecule has 5 nitrogen and oxygen atoms in total. The maximum atomic E-state index is 12.3. The minimum absolute atomic E-state index is 0.00127. The highest BCUT2D eigenvalue weighted by Crippen LogP contribution is 2.27. The second-order valence-corrected chi connectivity index (χ2v) is 8.03. The monoisotopic (exact) mass is 345 g/mol. The van der Waals surface area contributed by atoms with E-state index in [1.54, 1.807) is 24.3 Å².